The second-order valence-corrected chi connectivity index (χ2v) is 4.84. The largest absolute Gasteiger partial charge is 0.357 e. The highest BCUT2D eigenvalue weighted by atomic mass is 35.5. The normalized spacial score (nSPS) is 10.6. The van der Waals surface area contributed by atoms with Crippen LogP contribution in [0.4, 0.5) is 5.95 Å². The first-order chi connectivity index (χ1) is 10.2. The summed E-state index contributed by atoms with van der Waals surface area (Å²) >= 11 is 12.1. The molecule has 1 aromatic carbocycles. The van der Waals surface area contributed by atoms with Crippen molar-refractivity contribution in [3.8, 4) is 17.3 Å². The monoisotopic (exact) mass is 321 g/mol. The Bertz CT molecular complexity index is 773. The fourth-order valence-corrected chi connectivity index (χ4v) is 2.17. The average molecular weight is 322 g/mol. The van der Waals surface area contributed by atoms with E-state index in [9.17, 15) is 0 Å². The van der Waals surface area contributed by atoms with Crippen molar-refractivity contribution < 1.29 is 0 Å². The number of benzene rings is 1. The lowest BCUT2D eigenvalue weighted by atomic mass is 10.2. The topological polar surface area (TPSA) is 81.4 Å². The van der Waals surface area contributed by atoms with Crippen LogP contribution in [-0.2, 0) is 0 Å². The summed E-state index contributed by atoms with van der Waals surface area (Å²) in [4.78, 5) is 16.8. The van der Waals surface area contributed by atoms with Gasteiger partial charge in [-0.15, -0.1) is 0 Å². The number of nitrogens with zero attached hydrogens (tertiary/aromatic N) is 6. The van der Waals surface area contributed by atoms with Gasteiger partial charge < -0.3 is 5.32 Å². The van der Waals surface area contributed by atoms with E-state index in [2.05, 4.69) is 30.4 Å². The zero-order valence-electron chi connectivity index (χ0n) is 10.8. The Morgan fingerprint density at radius 3 is 2.67 bits per heavy atom. The Morgan fingerprint density at radius 2 is 2.00 bits per heavy atom. The van der Waals surface area contributed by atoms with Gasteiger partial charge in [0.25, 0.3) is 5.95 Å². The third-order valence-electron chi connectivity index (χ3n) is 2.64. The summed E-state index contributed by atoms with van der Waals surface area (Å²) in [5.74, 6) is 1.16. The summed E-state index contributed by atoms with van der Waals surface area (Å²) < 4.78 is 1.44. The minimum Gasteiger partial charge on any atom is -0.357 e. The fourth-order valence-electron chi connectivity index (χ4n) is 1.68. The van der Waals surface area contributed by atoms with Crippen molar-refractivity contribution in [2.24, 2.45) is 0 Å². The average Bonchev–Trinajstić information content (AvgIpc) is 3.01. The molecule has 3 rings (SSSR count). The van der Waals surface area contributed by atoms with Gasteiger partial charge in [-0.3, -0.25) is 0 Å². The van der Waals surface area contributed by atoms with Crippen LogP contribution < -0.4 is 5.32 Å². The summed E-state index contributed by atoms with van der Waals surface area (Å²) in [7, 11) is 1.72. The van der Waals surface area contributed by atoms with Gasteiger partial charge in [0, 0.05) is 17.6 Å². The first kappa shape index (κ1) is 13.7. The van der Waals surface area contributed by atoms with Gasteiger partial charge in [0.1, 0.15) is 12.7 Å². The zero-order chi connectivity index (χ0) is 14.8. The van der Waals surface area contributed by atoms with E-state index in [0.717, 1.165) is 0 Å². The van der Waals surface area contributed by atoms with Crippen molar-refractivity contribution in [3.63, 3.8) is 0 Å². The Balaban J connectivity index is 2.16. The van der Waals surface area contributed by atoms with Crippen LogP contribution in [0.5, 0.6) is 0 Å². The van der Waals surface area contributed by atoms with E-state index in [1.165, 1.54) is 17.3 Å². The van der Waals surface area contributed by atoms with Crippen molar-refractivity contribution >= 4 is 29.2 Å². The quantitative estimate of drug-likeness (QED) is 0.798. The van der Waals surface area contributed by atoms with Gasteiger partial charge in [-0.2, -0.15) is 24.7 Å². The minimum absolute atomic E-state index is 0.341. The Kier molecular flexibility index (Phi) is 3.68. The second kappa shape index (κ2) is 5.63. The van der Waals surface area contributed by atoms with Gasteiger partial charge in [-0.1, -0.05) is 23.2 Å². The molecule has 0 atom stereocenters. The lowest BCUT2D eigenvalue weighted by Crippen LogP contribution is -2.08. The zero-order valence-corrected chi connectivity index (χ0v) is 12.3. The van der Waals surface area contributed by atoms with Gasteiger partial charge in [0.2, 0.25) is 5.95 Å². The molecule has 0 aliphatic rings. The summed E-state index contributed by atoms with van der Waals surface area (Å²) in [6.45, 7) is 0. The van der Waals surface area contributed by atoms with Crippen LogP contribution >= 0.6 is 23.2 Å². The third kappa shape index (κ3) is 2.79. The predicted octanol–water partition coefficient (Wildman–Crippen LogP) is 2.47. The number of hydrogen-bond acceptors (Lipinski definition) is 6. The van der Waals surface area contributed by atoms with Crippen molar-refractivity contribution in [3.05, 3.63) is 40.9 Å². The van der Waals surface area contributed by atoms with Crippen LogP contribution in [-0.4, -0.2) is 36.8 Å². The van der Waals surface area contributed by atoms with E-state index in [0.29, 0.717) is 33.3 Å². The second-order valence-electron chi connectivity index (χ2n) is 4.00. The maximum Gasteiger partial charge on any atom is 0.257 e. The molecule has 0 unspecified atom stereocenters. The number of nitrogens with one attached hydrogen (secondary N) is 1. The smallest absolute Gasteiger partial charge is 0.257 e. The lowest BCUT2D eigenvalue weighted by molar-refractivity contribution is 0.798. The van der Waals surface area contributed by atoms with Gasteiger partial charge in [0.15, 0.2) is 5.82 Å². The molecular formula is C12H9Cl2N7. The van der Waals surface area contributed by atoms with E-state index < -0.39 is 0 Å². The molecule has 21 heavy (non-hydrogen) atoms. The SMILES string of the molecule is CNc1nc(-c2ccc(Cl)cc2Cl)nc(-n2cncn2)n1. The molecule has 9 heteroatoms. The summed E-state index contributed by atoms with van der Waals surface area (Å²) in [6, 6.07) is 5.11. The number of anilines is 1. The molecule has 0 radical (unpaired) electrons. The molecule has 0 aliphatic carbocycles. The first-order valence-corrected chi connectivity index (χ1v) is 6.67. The molecule has 3 aromatic rings. The highest BCUT2D eigenvalue weighted by Gasteiger charge is 2.12. The Labute approximate surface area is 130 Å². The van der Waals surface area contributed by atoms with Gasteiger partial charge in [0.05, 0.1) is 5.02 Å². The molecular weight excluding hydrogens is 313 g/mol. The summed E-state index contributed by atoms with van der Waals surface area (Å²) in [6.07, 6.45) is 2.90. The van der Waals surface area contributed by atoms with Crippen LogP contribution in [0.2, 0.25) is 10.0 Å². The maximum atomic E-state index is 6.20. The number of halogens is 2. The minimum atomic E-state index is 0.341. The fraction of sp³-hybridized carbons (Fsp3) is 0.0833. The number of hydrogen-bond donors (Lipinski definition) is 1. The Morgan fingerprint density at radius 1 is 1.14 bits per heavy atom. The van der Waals surface area contributed by atoms with Gasteiger partial charge in [-0.05, 0) is 18.2 Å². The lowest BCUT2D eigenvalue weighted by Gasteiger charge is -2.07. The maximum absolute atomic E-state index is 6.20. The first-order valence-electron chi connectivity index (χ1n) is 5.91. The van der Waals surface area contributed by atoms with Crippen molar-refractivity contribution in [2.75, 3.05) is 12.4 Å². The number of rotatable bonds is 3. The standard InChI is InChI=1S/C12H9Cl2N7/c1-15-11-18-10(8-3-2-7(13)4-9(8)14)19-12(20-11)21-6-16-5-17-21/h2-6H,1H3,(H,15,18,19,20). The van der Waals surface area contributed by atoms with Crippen molar-refractivity contribution in [1.29, 1.82) is 0 Å². The third-order valence-corrected chi connectivity index (χ3v) is 3.19. The molecule has 0 saturated heterocycles. The van der Waals surface area contributed by atoms with E-state index in [4.69, 9.17) is 23.2 Å². The highest BCUT2D eigenvalue weighted by Crippen LogP contribution is 2.28. The van der Waals surface area contributed by atoms with E-state index in [-0.39, 0.29) is 0 Å². The predicted molar refractivity (Wildman–Crippen MR) is 79.7 cm³/mol. The van der Waals surface area contributed by atoms with Crippen molar-refractivity contribution in [2.45, 2.75) is 0 Å². The van der Waals surface area contributed by atoms with Crippen LogP contribution in [0.3, 0.4) is 0 Å². The molecule has 2 heterocycles. The van der Waals surface area contributed by atoms with Crippen LogP contribution in [0, 0.1) is 0 Å². The molecule has 0 fully saturated rings. The van der Waals surface area contributed by atoms with E-state index >= 15 is 0 Å². The molecule has 106 valence electrons. The molecule has 0 saturated carbocycles. The Hall–Kier alpha value is -2.25. The molecule has 1 N–H and O–H groups in total. The molecule has 0 spiro atoms. The summed E-state index contributed by atoms with van der Waals surface area (Å²) in [5, 5.41) is 7.88. The van der Waals surface area contributed by atoms with Crippen LogP contribution in [0.1, 0.15) is 0 Å². The summed E-state index contributed by atoms with van der Waals surface area (Å²) in [5.41, 5.74) is 0.654. The molecule has 0 aliphatic heterocycles. The van der Waals surface area contributed by atoms with E-state index in [1.54, 1.807) is 25.2 Å². The molecule has 7 nitrogen and oxygen atoms in total. The molecule has 0 amide bonds. The van der Waals surface area contributed by atoms with Gasteiger partial charge in [-0.25, -0.2) is 4.98 Å². The van der Waals surface area contributed by atoms with Crippen LogP contribution in [0.15, 0.2) is 30.9 Å². The van der Waals surface area contributed by atoms with E-state index in [1.807, 2.05) is 0 Å². The molecule has 0 bridgehead atoms. The number of aromatic nitrogens is 6. The molecule has 2 aromatic heterocycles. The van der Waals surface area contributed by atoms with Gasteiger partial charge >= 0.3 is 0 Å². The van der Waals surface area contributed by atoms with Crippen LogP contribution in [0.25, 0.3) is 17.3 Å². The highest BCUT2D eigenvalue weighted by molar-refractivity contribution is 6.36. The van der Waals surface area contributed by atoms with Crippen molar-refractivity contribution in [1.82, 2.24) is 29.7 Å².